The third kappa shape index (κ3) is 23.3. The zero-order chi connectivity index (χ0) is 16.7. The first-order valence-electron chi connectivity index (χ1n) is 7.14. The predicted octanol–water partition coefficient (Wildman–Crippen LogP) is 3.65. The number of cyclic esters (lactones) is 1. The van der Waals surface area contributed by atoms with Gasteiger partial charge in [-0.2, -0.15) is 0 Å². The highest BCUT2D eigenvalue weighted by Gasteiger charge is 2.17. The topological polar surface area (TPSA) is 101 Å². The van der Waals surface area contributed by atoms with Crippen LogP contribution in [0.25, 0.3) is 0 Å². The van der Waals surface area contributed by atoms with E-state index >= 15 is 0 Å². The first-order valence-corrected chi connectivity index (χ1v) is 7.14. The van der Waals surface area contributed by atoms with E-state index < -0.39 is 11.9 Å². The minimum absolute atomic E-state index is 0. The van der Waals surface area contributed by atoms with Gasteiger partial charge in [0.1, 0.15) is 0 Å². The third-order valence-corrected chi connectivity index (χ3v) is 2.33. The van der Waals surface area contributed by atoms with Gasteiger partial charge in [0.2, 0.25) is 0 Å². The van der Waals surface area contributed by atoms with Gasteiger partial charge in [0, 0.05) is 18.9 Å². The molecule has 130 valence electrons. The van der Waals surface area contributed by atoms with Crippen LogP contribution in [0.15, 0.2) is 12.2 Å². The maximum Gasteiger partial charge on any atom is 0.327 e. The van der Waals surface area contributed by atoms with E-state index in [0.29, 0.717) is 12.8 Å². The molecule has 6 heteroatoms. The van der Waals surface area contributed by atoms with Crippen molar-refractivity contribution in [1.29, 1.82) is 0 Å². The zero-order valence-corrected chi connectivity index (χ0v) is 13.0. The molecule has 0 radical (unpaired) electrons. The SMILES string of the molecule is C.CC/C=C/C(=O)O.CC1CCC(=O)O1.CCCCC(=O)O. The lowest BCUT2D eigenvalue weighted by Crippen LogP contribution is -1.98. The monoisotopic (exact) mass is 318 g/mol. The molecule has 1 heterocycles. The molecule has 1 saturated heterocycles. The fourth-order valence-corrected chi connectivity index (χ4v) is 1.21. The van der Waals surface area contributed by atoms with Crippen molar-refractivity contribution < 1.29 is 29.3 Å². The number of hydrogen-bond acceptors (Lipinski definition) is 4. The Balaban J connectivity index is -0.000000241. The van der Waals surface area contributed by atoms with Gasteiger partial charge in [-0.3, -0.25) is 9.59 Å². The average molecular weight is 318 g/mol. The lowest BCUT2D eigenvalue weighted by Gasteiger charge is -1.95. The van der Waals surface area contributed by atoms with E-state index in [1.807, 2.05) is 20.8 Å². The number of ether oxygens (including phenoxy) is 1. The van der Waals surface area contributed by atoms with Gasteiger partial charge in [-0.15, -0.1) is 0 Å². The molecule has 0 aromatic rings. The summed E-state index contributed by atoms with van der Waals surface area (Å²) in [4.78, 5) is 29.7. The number of carbonyl (C=O) groups is 3. The second-order valence-corrected chi connectivity index (χ2v) is 4.49. The first kappa shape index (κ1) is 25.1. The Morgan fingerprint density at radius 2 is 1.91 bits per heavy atom. The fraction of sp³-hybridized carbons (Fsp3) is 0.688. The highest BCUT2D eigenvalue weighted by Crippen LogP contribution is 2.11. The molecular formula is C16H30O6. The largest absolute Gasteiger partial charge is 0.481 e. The Bertz CT molecular complexity index is 336. The van der Waals surface area contributed by atoms with E-state index in [1.165, 1.54) is 0 Å². The summed E-state index contributed by atoms with van der Waals surface area (Å²) in [6, 6.07) is 0. The molecule has 0 saturated carbocycles. The Morgan fingerprint density at radius 3 is 2.05 bits per heavy atom. The lowest BCUT2D eigenvalue weighted by molar-refractivity contribution is -0.141. The molecule has 0 aromatic heterocycles. The number of allylic oxidation sites excluding steroid dienone is 1. The molecule has 0 amide bonds. The number of carbonyl (C=O) groups excluding carboxylic acids is 1. The standard InChI is InChI=1S/C5H8O2.C5H10O2.C5H8O2.CH4/c1-4-2-3-5(6)7-4;2*1-2-3-4-5(6)7;/h4H,2-3H2,1H3;2-4H2,1H3,(H,6,7);3-4H,2H2,1H3,(H,6,7);1H4/b;;4-3+;. The van der Waals surface area contributed by atoms with E-state index in [-0.39, 0.29) is 19.5 Å². The van der Waals surface area contributed by atoms with Gasteiger partial charge in [-0.1, -0.05) is 33.8 Å². The Kier molecular flexibility index (Phi) is 19.6. The van der Waals surface area contributed by atoms with Gasteiger partial charge in [0.15, 0.2) is 0 Å². The zero-order valence-electron chi connectivity index (χ0n) is 13.0. The summed E-state index contributed by atoms with van der Waals surface area (Å²) in [5.41, 5.74) is 0. The molecule has 1 rings (SSSR count). The summed E-state index contributed by atoms with van der Waals surface area (Å²) in [7, 11) is 0. The second-order valence-electron chi connectivity index (χ2n) is 4.49. The summed E-state index contributed by atoms with van der Waals surface area (Å²) in [5.74, 6) is -1.61. The summed E-state index contributed by atoms with van der Waals surface area (Å²) < 4.78 is 4.72. The normalized spacial score (nSPS) is 15.6. The number of carboxylic acid groups (broad SMARTS) is 2. The first-order chi connectivity index (χ1) is 9.83. The van der Waals surface area contributed by atoms with Gasteiger partial charge in [-0.05, 0) is 26.2 Å². The highest BCUT2D eigenvalue weighted by molar-refractivity contribution is 5.79. The van der Waals surface area contributed by atoms with Crippen molar-refractivity contribution in [2.45, 2.75) is 72.8 Å². The third-order valence-electron chi connectivity index (χ3n) is 2.33. The van der Waals surface area contributed by atoms with Gasteiger partial charge in [0.05, 0.1) is 6.10 Å². The van der Waals surface area contributed by atoms with Crippen molar-refractivity contribution in [2.75, 3.05) is 0 Å². The number of rotatable bonds is 5. The van der Waals surface area contributed by atoms with E-state index in [2.05, 4.69) is 0 Å². The molecule has 1 unspecified atom stereocenters. The summed E-state index contributed by atoms with van der Waals surface area (Å²) >= 11 is 0. The maximum absolute atomic E-state index is 10.2. The van der Waals surface area contributed by atoms with Crippen LogP contribution in [-0.2, 0) is 19.1 Å². The second kappa shape index (κ2) is 17.2. The smallest absolute Gasteiger partial charge is 0.327 e. The van der Waals surface area contributed by atoms with Crippen LogP contribution in [-0.4, -0.2) is 34.2 Å². The Morgan fingerprint density at radius 1 is 1.32 bits per heavy atom. The van der Waals surface area contributed by atoms with Crippen LogP contribution < -0.4 is 0 Å². The number of hydrogen-bond donors (Lipinski definition) is 2. The van der Waals surface area contributed by atoms with Crippen LogP contribution >= 0.6 is 0 Å². The number of aliphatic carboxylic acids is 2. The maximum atomic E-state index is 10.2. The average Bonchev–Trinajstić information content (AvgIpc) is 2.79. The minimum Gasteiger partial charge on any atom is -0.481 e. The van der Waals surface area contributed by atoms with Crippen LogP contribution in [0.4, 0.5) is 0 Å². The Labute approximate surface area is 133 Å². The summed E-state index contributed by atoms with van der Waals surface area (Å²) in [6.45, 7) is 5.77. The summed E-state index contributed by atoms with van der Waals surface area (Å²) in [5, 5.41) is 16.0. The van der Waals surface area contributed by atoms with E-state index in [4.69, 9.17) is 14.9 Å². The fourth-order valence-electron chi connectivity index (χ4n) is 1.21. The number of carboxylic acids is 2. The lowest BCUT2D eigenvalue weighted by atomic mass is 10.3. The predicted molar refractivity (Wildman–Crippen MR) is 85.7 cm³/mol. The summed E-state index contributed by atoms with van der Waals surface area (Å²) in [6.07, 6.45) is 7.29. The molecule has 22 heavy (non-hydrogen) atoms. The van der Waals surface area contributed by atoms with Gasteiger partial charge >= 0.3 is 17.9 Å². The van der Waals surface area contributed by atoms with Crippen LogP contribution in [0.2, 0.25) is 0 Å². The molecule has 0 aromatic carbocycles. The van der Waals surface area contributed by atoms with Crippen LogP contribution in [0.1, 0.15) is 66.7 Å². The number of esters is 1. The quantitative estimate of drug-likeness (QED) is 0.592. The molecule has 1 atom stereocenters. The van der Waals surface area contributed by atoms with Crippen LogP contribution in [0, 0.1) is 0 Å². The molecule has 6 nitrogen and oxygen atoms in total. The minimum atomic E-state index is -0.873. The van der Waals surface area contributed by atoms with Gasteiger partial charge in [0.25, 0.3) is 0 Å². The Hall–Kier alpha value is -1.85. The number of unbranched alkanes of at least 4 members (excludes halogenated alkanes) is 1. The van der Waals surface area contributed by atoms with Crippen LogP contribution in [0.5, 0.6) is 0 Å². The van der Waals surface area contributed by atoms with Crippen molar-refractivity contribution in [3.05, 3.63) is 12.2 Å². The molecule has 1 aliphatic rings. The van der Waals surface area contributed by atoms with Crippen molar-refractivity contribution in [3.8, 4) is 0 Å². The van der Waals surface area contributed by atoms with Crippen molar-refractivity contribution in [2.24, 2.45) is 0 Å². The molecule has 1 fully saturated rings. The molecule has 0 bridgehead atoms. The molecule has 0 aliphatic carbocycles. The van der Waals surface area contributed by atoms with Gasteiger partial charge < -0.3 is 14.9 Å². The van der Waals surface area contributed by atoms with E-state index in [1.54, 1.807) is 6.08 Å². The highest BCUT2D eigenvalue weighted by atomic mass is 16.5. The van der Waals surface area contributed by atoms with Crippen molar-refractivity contribution in [1.82, 2.24) is 0 Å². The van der Waals surface area contributed by atoms with Crippen molar-refractivity contribution >= 4 is 17.9 Å². The molecule has 2 N–H and O–H groups in total. The van der Waals surface area contributed by atoms with Crippen LogP contribution in [0.3, 0.4) is 0 Å². The molecule has 0 spiro atoms. The molecule has 1 aliphatic heterocycles. The van der Waals surface area contributed by atoms with E-state index in [9.17, 15) is 14.4 Å². The molecular weight excluding hydrogens is 288 g/mol. The van der Waals surface area contributed by atoms with E-state index in [0.717, 1.165) is 31.8 Å². The van der Waals surface area contributed by atoms with Crippen molar-refractivity contribution in [3.63, 3.8) is 0 Å². The van der Waals surface area contributed by atoms with Gasteiger partial charge in [-0.25, -0.2) is 4.79 Å².